The monoisotopic (exact) mass is 422 g/mol. The molecule has 2 fully saturated rings. The molecule has 2 unspecified atom stereocenters. The lowest BCUT2D eigenvalue weighted by atomic mass is 9.98. The largest absolute Gasteiger partial charge is 0.396 e. The summed E-state index contributed by atoms with van der Waals surface area (Å²) in [5.41, 5.74) is 0.694. The Morgan fingerprint density at radius 2 is 2.11 bits per heavy atom. The highest BCUT2D eigenvalue weighted by Gasteiger charge is 2.40. The van der Waals surface area contributed by atoms with Crippen LogP contribution in [0.25, 0.3) is 6.08 Å². The van der Waals surface area contributed by atoms with Crippen LogP contribution in [-0.4, -0.2) is 56.3 Å². The smallest absolute Gasteiger partial charge is 0.266 e. The molecule has 150 valence electrons. The first-order valence-electron chi connectivity index (χ1n) is 9.36. The minimum Gasteiger partial charge on any atom is -0.396 e. The molecule has 1 aromatic rings. The van der Waals surface area contributed by atoms with Crippen molar-refractivity contribution in [2.45, 2.75) is 44.7 Å². The molecule has 2 aliphatic rings. The highest BCUT2D eigenvalue weighted by atomic mass is 32.2. The van der Waals surface area contributed by atoms with Crippen LogP contribution >= 0.6 is 24.0 Å². The Morgan fingerprint density at radius 3 is 2.79 bits per heavy atom. The fourth-order valence-electron chi connectivity index (χ4n) is 3.61. The van der Waals surface area contributed by atoms with Crippen LogP contribution in [0.5, 0.6) is 0 Å². The standard InChI is InChI=1S/C20H23FN2O3S2/c1-13(18(25)22-10-3-2-4-16(22)9-11-24)23-19(26)17(28-20(23)27)12-14-5-7-15(21)8-6-14/h5-8,12-13,16,24H,2-4,9-11H2,1H3/b17-12-. The summed E-state index contributed by atoms with van der Waals surface area (Å²) in [7, 11) is 0. The molecule has 8 heteroatoms. The predicted molar refractivity (Wildman–Crippen MR) is 112 cm³/mol. The number of halogens is 1. The van der Waals surface area contributed by atoms with Crippen molar-refractivity contribution in [3.8, 4) is 0 Å². The summed E-state index contributed by atoms with van der Waals surface area (Å²) in [6.07, 6.45) is 5.02. The summed E-state index contributed by atoms with van der Waals surface area (Å²) in [6.45, 7) is 2.36. The van der Waals surface area contributed by atoms with Crippen LogP contribution in [0.15, 0.2) is 29.2 Å². The number of aliphatic hydroxyl groups is 1. The Bertz CT molecular complexity index is 795. The fraction of sp³-hybridized carbons (Fsp3) is 0.450. The van der Waals surface area contributed by atoms with Crippen LogP contribution < -0.4 is 0 Å². The Labute approximate surface area is 173 Å². The van der Waals surface area contributed by atoms with E-state index in [4.69, 9.17) is 12.2 Å². The van der Waals surface area contributed by atoms with E-state index in [1.165, 1.54) is 17.0 Å². The maximum absolute atomic E-state index is 13.1. The van der Waals surface area contributed by atoms with E-state index in [2.05, 4.69) is 0 Å². The van der Waals surface area contributed by atoms with Gasteiger partial charge >= 0.3 is 0 Å². The van der Waals surface area contributed by atoms with Gasteiger partial charge in [-0.25, -0.2) is 4.39 Å². The van der Waals surface area contributed by atoms with Gasteiger partial charge in [-0.2, -0.15) is 0 Å². The number of thiocarbonyl (C=S) groups is 1. The minimum absolute atomic E-state index is 0.00172. The van der Waals surface area contributed by atoms with Gasteiger partial charge in [0, 0.05) is 19.2 Å². The van der Waals surface area contributed by atoms with Crippen LogP contribution in [-0.2, 0) is 9.59 Å². The zero-order valence-corrected chi connectivity index (χ0v) is 17.3. The molecule has 2 amide bonds. The van der Waals surface area contributed by atoms with Crippen LogP contribution in [0.3, 0.4) is 0 Å². The van der Waals surface area contributed by atoms with Crippen molar-refractivity contribution >= 4 is 46.2 Å². The average Bonchev–Trinajstić information content (AvgIpc) is 2.96. The van der Waals surface area contributed by atoms with Crippen molar-refractivity contribution < 1.29 is 19.1 Å². The number of piperidine rings is 1. The number of hydrogen-bond acceptors (Lipinski definition) is 5. The first kappa shape index (κ1) is 21.0. The molecule has 1 N–H and O–H groups in total. The van der Waals surface area contributed by atoms with Gasteiger partial charge in [0.05, 0.1) is 4.91 Å². The lowest BCUT2D eigenvalue weighted by Crippen LogP contribution is -2.53. The van der Waals surface area contributed by atoms with Crippen molar-refractivity contribution in [1.82, 2.24) is 9.80 Å². The second kappa shape index (κ2) is 9.15. The van der Waals surface area contributed by atoms with Crippen molar-refractivity contribution in [2.24, 2.45) is 0 Å². The average molecular weight is 423 g/mol. The van der Waals surface area contributed by atoms with Crippen molar-refractivity contribution in [2.75, 3.05) is 13.2 Å². The van der Waals surface area contributed by atoms with Gasteiger partial charge in [-0.15, -0.1) is 0 Å². The number of likely N-dealkylation sites (tertiary alicyclic amines) is 1. The molecule has 28 heavy (non-hydrogen) atoms. The van der Waals surface area contributed by atoms with Gasteiger partial charge in [0.15, 0.2) is 0 Å². The SMILES string of the molecule is CC(C(=O)N1CCCCC1CCO)N1C(=O)/C(=C/c2ccc(F)cc2)SC1=S. The van der Waals surface area contributed by atoms with Gasteiger partial charge in [-0.05, 0) is 56.4 Å². The molecule has 0 spiro atoms. The van der Waals surface area contributed by atoms with Gasteiger partial charge < -0.3 is 10.0 Å². The Morgan fingerprint density at radius 1 is 1.39 bits per heavy atom. The van der Waals surface area contributed by atoms with E-state index in [0.29, 0.717) is 27.8 Å². The number of rotatable bonds is 5. The minimum atomic E-state index is -0.703. The summed E-state index contributed by atoms with van der Waals surface area (Å²) in [5.74, 6) is -0.795. The summed E-state index contributed by atoms with van der Waals surface area (Å²) in [6, 6.07) is 5.13. The summed E-state index contributed by atoms with van der Waals surface area (Å²) >= 11 is 6.51. The van der Waals surface area contributed by atoms with Gasteiger partial charge in [-0.1, -0.05) is 36.1 Å². The number of aliphatic hydroxyl groups excluding tert-OH is 1. The normalized spacial score (nSPS) is 22.8. The highest BCUT2D eigenvalue weighted by Crippen LogP contribution is 2.35. The molecule has 0 bridgehead atoms. The van der Waals surface area contributed by atoms with E-state index in [-0.39, 0.29) is 30.3 Å². The van der Waals surface area contributed by atoms with E-state index in [1.807, 2.05) is 0 Å². The quantitative estimate of drug-likeness (QED) is 0.583. The maximum Gasteiger partial charge on any atom is 0.266 e. The molecule has 0 radical (unpaired) electrons. The first-order chi connectivity index (χ1) is 13.4. The lowest BCUT2D eigenvalue weighted by molar-refractivity contribution is -0.142. The number of thioether (sulfide) groups is 1. The van der Waals surface area contributed by atoms with Crippen LogP contribution in [0.4, 0.5) is 4.39 Å². The molecule has 2 atom stereocenters. The van der Waals surface area contributed by atoms with E-state index in [0.717, 1.165) is 31.0 Å². The van der Waals surface area contributed by atoms with Gasteiger partial charge in [0.25, 0.3) is 5.91 Å². The molecule has 2 heterocycles. The second-order valence-corrected chi connectivity index (χ2v) is 8.65. The molecule has 3 rings (SSSR count). The van der Waals surface area contributed by atoms with E-state index >= 15 is 0 Å². The van der Waals surface area contributed by atoms with Crippen molar-refractivity contribution in [3.05, 3.63) is 40.6 Å². The molecule has 2 saturated heterocycles. The van der Waals surface area contributed by atoms with Gasteiger partial charge in [0.2, 0.25) is 5.91 Å². The predicted octanol–water partition coefficient (Wildman–Crippen LogP) is 3.18. The number of carbonyl (C=O) groups is 2. The molecule has 5 nitrogen and oxygen atoms in total. The summed E-state index contributed by atoms with van der Waals surface area (Å²) in [4.78, 5) is 29.5. The summed E-state index contributed by atoms with van der Waals surface area (Å²) in [5, 5.41) is 9.29. The maximum atomic E-state index is 13.1. The lowest BCUT2D eigenvalue weighted by Gasteiger charge is -2.38. The van der Waals surface area contributed by atoms with Gasteiger partial charge in [-0.3, -0.25) is 14.5 Å². The van der Waals surface area contributed by atoms with Crippen molar-refractivity contribution in [3.63, 3.8) is 0 Å². The third-order valence-corrected chi connectivity index (χ3v) is 6.44. The molecule has 0 saturated carbocycles. The van der Waals surface area contributed by atoms with Crippen molar-refractivity contribution in [1.29, 1.82) is 0 Å². The van der Waals surface area contributed by atoms with E-state index in [9.17, 15) is 19.1 Å². The van der Waals surface area contributed by atoms with Gasteiger partial charge in [0.1, 0.15) is 16.2 Å². The number of carbonyl (C=O) groups excluding carboxylic acids is 2. The topological polar surface area (TPSA) is 60.9 Å². The Kier molecular flexibility index (Phi) is 6.85. The van der Waals surface area contributed by atoms with E-state index in [1.54, 1.807) is 30.0 Å². The summed E-state index contributed by atoms with van der Waals surface area (Å²) < 4.78 is 13.4. The van der Waals surface area contributed by atoms with E-state index < -0.39 is 6.04 Å². The first-order valence-corrected chi connectivity index (χ1v) is 10.6. The fourth-order valence-corrected chi connectivity index (χ4v) is 5.03. The zero-order chi connectivity index (χ0) is 20.3. The third kappa shape index (κ3) is 4.45. The number of nitrogens with zero attached hydrogens (tertiary/aromatic N) is 2. The highest BCUT2D eigenvalue weighted by molar-refractivity contribution is 8.26. The zero-order valence-electron chi connectivity index (χ0n) is 15.6. The molecule has 1 aromatic carbocycles. The van der Waals surface area contributed by atoms with Crippen LogP contribution in [0.2, 0.25) is 0 Å². The molecule has 2 aliphatic heterocycles. The number of benzene rings is 1. The van der Waals surface area contributed by atoms with Crippen LogP contribution in [0, 0.1) is 5.82 Å². The number of hydrogen-bond donors (Lipinski definition) is 1. The third-order valence-electron chi connectivity index (χ3n) is 5.11. The molecular formula is C20H23FN2O3S2. The Hall–Kier alpha value is -1.77. The molecule has 0 aliphatic carbocycles. The van der Waals surface area contributed by atoms with Crippen LogP contribution in [0.1, 0.15) is 38.2 Å². The number of amides is 2. The molecular weight excluding hydrogens is 399 g/mol. The second-order valence-electron chi connectivity index (χ2n) is 6.97. The molecule has 0 aromatic heterocycles. The Balaban J connectivity index is 1.76.